The van der Waals surface area contributed by atoms with E-state index in [4.69, 9.17) is 4.74 Å². The minimum atomic E-state index is 0. The van der Waals surface area contributed by atoms with Crippen molar-refractivity contribution in [1.29, 1.82) is 0 Å². The molecule has 24 heavy (non-hydrogen) atoms. The second-order valence-electron chi connectivity index (χ2n) is 4.73. The van der Waals surface area contributed by atoms with Crippen LogP contribution in [0.3, 0.4) is 0 Å². The normalized spacial score (nSPS) is 10.4. The zero-order valence-electron chi connectivity index (χ0n) is 12.8. The average molecular weight is 406 g/mol. The smallest absolute Gasteiger partial charge is 0.203 e. The van der Waals surface area contributed by atoms with Crippen molar-refractivity contribution in [2.75, 3.05) is 12.5 Å². The number of phenolic OH excluding ortho intramolecular Hbond substituents is 1. The SMILES string of the molecule is Br.COc1ccc(-c2csc(N/N=C\c3ccc(O)cc3)n2)cc1. The van der Waals surface area contributed by atoms with Gasteiger partial charge in [-0.05, 0) is 54.1 Å². The van der Waals surface area contributed by atoms with E-state index in [0.29, 0.717) is 5.13 Å². The molecule has 0 aliphatic carbocycles. The van der Waals surface area contributed by atoms with Crippen molar-refractivity contribution in [3.63, 3.8) is 0 Å². The van der Waals surface area contributed by atoms with Crippen LogP contribution in [0.1, 0.15) is 5.56 Å². The molecule has 0 aliphatic rings. The lowest BCUT2D eigenvalue weighted by molar-refractivity contribution is 0.415. The molecule has 0 fully saturated rings. The van der Waals surface area contributed by atoms with Gasteiger partial charge in [-0.25, -0.2) is 4.98 Å². The summed E-state index contributed by atoms with van der Waals surface area (Å²) >= 11 is 1.48. The van der Waals surface area contributed by atoms with Crippen LogP contribution < -0.4 is 10.2 Å². The quantitative estimate of drug-likeness (QED) is 0.482. The van der Waals surface area contributed by atoms with Gasteiger partial charge in [-0.15, -0.1) is 28.3 Å². The molecule has 124 valence electrons. The minimum Gasteiger partial charge on any atom is -0.508 e. The van der Waals surface area contributed by atoms with Gasteiger partial charge in [-0.3, -0.25) is 5.43 Å². The number of benzene rings is 2. The van der Waals surface area contributed by atoms with E-state index < -0.39 is 0 Å². The van der Waals surface area contributed by atoms with Crippen LogP contribution in [-0.4, -0.2) is 23.4 Å². The first-order valence-corrected chi connectivity index (χ1v) is 7.80. The van der Waals surface area contributed by atoms with Crippen molar-refractivity contribution in [2.45, 2.75) is 0 Å². The third-order valence-corrected chi connectivity index (χ3v) is 3.90. The van der Waals surface area contributed by atoms with Crippen LogP contribution in [0.4, 0.5) is 5.13 Å². The Labute approximate surface area is 154 Å². The molecule has 7 heteroatoms. The number of halogens is 1. The van der Waals surface area contributed by atoms with Crippen LogP contribution in [0.5, 0.6) is 11.5 Å². The van der Waals surface area contributed by atoms with Gasteiger partial charge in [0.25, 0.3) is 0 Å². The average Bonchev–Trinajstić information content (AvgIpc) is 3.06. The molecule has 1 aromatic heterocycles. The fraction of sp³-hybridized carbons (Fsp3) is 0.0588. The number of aromatic hydroxyl groups is 1. The number of hydrogen-bond acceptors (Lipinski definition) is 6. The predicted molar refractivity (Wildman–Crippen MR) is 104 cm³/mol. The van der Waals surface area contributed by atoms with E-state index in [9.17, 15) is 5.11 Å². The van der Waals surface area contributed by atoms with E-state index in [1.54, 1.807) is 37.6 Å². The molecule has 2 aromatic carbocycles. The summed E-state index contributed by atoms with van der Waals surface area (Å²) in [4.78, 5) is 4.49. The Kier molecular flexibility index (Phi) is 6.34. The number of hydrazone groups is 1. The van der Waals surface area contributed by atoms with Gasteiger partial charge >= 0.3 is 0 Å². The summed E-state index contributed by atoms with van der Waals surface area (Å²) in [5.41, 5.74) is 5.72. The van der Waals surface area contributed by atoms with Crippen molar-refractivity contribution in [3.8, 4) is 22.8 Å². The number of ether oxygens (including phenoxy) is 1. The lowest BCUT2D eigenvalue weighted by atomic mass is 10.2. The van der Waals surface area contributed by atoms with E-state index in [-0.39, 0.29) is 22.7 Å². The summed E-state index contributed by atoms with van der Waals surface area (Å²) in [7, 11) is 1.64. The molecule has 0 radical (unpaired) electrons. The molecule has 0 bridgehead atoms. The van der Waals surface area contributed by atoms with Crippen LogP contribution >= 0.6 is 28.3 Å². The highest BCUT2D eigenvalue weighted by Gasteiger charge is 2.04. The zero-order chi connectivity index (χ0) is 16.1. The molecule has 0 atom stereocenters. The zero-order valence-corrected chi connectivity index (χ0v) is 15.4. The molecule has 0 unspecified atom stereocenters. The summed E-state index contributed by atoms with van der Waals surface area (Å²) < 4.78 is 5.15. The lowest BCUT2D eigenvalue weighted by Crippen LogP contribution is -1.90. The molecule has 3 aromatic rings. The van der Waals surface area contributed by atoms with E-state index in [1.165, 1.54) is 11.3 Å². The first-order valence-electron chi connectivity index (χ1n) is 6.92. The number of methoxy groups -OCH3 is 1. The van der Waals surface area contributed by atoms with Gasteiger partial charge in [-0.1, -0.05) is 0 Å². The number of anilines is 1. The molecule has 1 heterocycles. The number of nitrogens with one attached hydrogen (secondary N) is 1. The van der Waals surface area contributed by atoms with E-state index in [2.05, 4.69) is 15.5 Å². The van der Waals surface area contributed by atoms with Crippen molar-refractivity contribution < 1.29 is 9.84 Å². The highest BCUT2D eigenvalue weighted by molar-refractivity contribution is 8.93. The molecule has 0 saturated heterocycles. The Morgan fingerprint density at radius 1 is 1.12 bits per heavy atom. The minimum absolute atomic E-state index is 0. The molecule has 0 aliphatic heterocycles. The fourth-order valence-corrected chi connectivity index (χ4v) is 2.61. The lowest BCUT2D eigenvalue weighted by Gasteiger charge is -2.00. The summed E-state index contributed by atoms with van der Waals surface area (Å²) in [5.74, 6) is 1.06. The maximum Gasteiger partial charge on any atom is 0.203 e. The van der Waals surface area contributed by atoms with Gasteiger partial charge in [0.1, 0.15) is 11.5 Å². The van der Waals surface area contributed by atoms with Crippen molar-refractivity contribution in [1.82, 2.24) is 4.98 Å². The predicted octanol–water partition coefficient (Wildman–Crippen LogP) is 4.55. The highest BCUT2D eigenvalue weighted by Crippen LogP contribution is 2.26. The standard InChI is InChI=1S/C17H15N3O2S.BrH/c1-22-15-8-4-13(5-9-15)16-11-23-17(19-16)20-18-10-12-2-6-14(21)7-3-12;/h2-11,21H,1H3,(H,19,20);1H/b18-10-;. The van der Waals surface area contributed by atoms with Crippen LogP contribution in [0.25, 0.3) is 11.3 Å². The summed E-state index contributed by atoms with van der Waals surface area (Å²) in [6.07, 6.45) is 1.67. The molecule has 5 nitrogen and oxygen atoms in total. The molecule has 3 rings (SSSR count). The summed E-state index contributed by atoms with van der Waals surface area (Å²) in [5, 5.41) is 16.1. The fourth-order valence-electron chi connectivity index (χ4n) is 1.94. The molecule has 0 amide bonds. The Bertz CT molecular complexity index is 801. The monoisotopic (exact) mass is 405 g/mol. The molecular weight excluding hydrogens is 390 g/mol. The maximum absolute atomic E-state index is 9.23. The first-order chi connectivity index (χ1) is 11.2. The number of rotatable bonds is 5. The maximum atomic E-state index is 9.23. The van der Waals surface area contributed by atoms with Crippen molar-refractivity contribution >= 4 is 39.7 Å². The molecule has 0 saturated carbocycles. The Morgan fingerprint density at radius 2 is 1.83 bits per heavy atom. The summed E-state index contributed by atoms with van der Waals surface area (Å²) in [6.45, 7) is 0. The molecular formula is C17H16BrN3O2S. The number of thiazole rings is 1. The van der Waals surface area contributed by atoms with Gasteiger partial charge in [0, 0.05) is 10.9 Å². The van der Waals surface area contributed by atoms with Gasteiger partial charge in [0.15, 0.2) is 0 Å². The Balaban J connectivity index is 0.00000208. The topological polar surface area (TPSA) is 66.7 Å². The molecule has 0 spiro atoms. The van der Waals surface area contributed by atoms with E-state index >= 15 is 0 Å². The number of aromatic nitrogens is 1. The van der Waals surface area contributed by atoms with Crippen LogP contribution in [0, 0.1) is 0 Å². The molecule has 2 N–H and O–H groups in total. The third kappa shape index (κ3) is 4.56. The number of phenols is 1. The van der Waals surface area contributed by atoms with Gasteiger partial charge in [0.05, 0.1) is 19.0 Å². The second-order valence-corrected chi connectivity index (χ2v) is 5.59. The Morgan fingerprint density at radius 3 is 2.50 bits per heavy atom. The second kappa shape index (κ2) is 8.47. The largest absolute Gasteiger partial charge is 0.508 e. The highest BCUT2D eigenvalue weighted by atomic mass is 79.9. The van der Waals surface area contributed by atoms with E-state index in [0.717, 1.165) is 22.6 Å². The van der Waals surface area contributed by atoms with Gasteiger partial charge in [0.2, 0.25) is 5.13 Å². The third-order valence-electron chi connectivity index (χ3n) is 3.16. The summed E-state index contributed by atoms with van der Waals surface area (Å²) in [6, 6.07) is 14.6. The van der Waals surface area contributed by atoms with Crippen molar-refractivity contribution in [3.05, 3.63) is 59.5 Å². The van der Waals surface area contributed by atoms with Gasteiger partial charge < -0.3 is 9.84 Å². The first kappa shape index (κ1) is 18.0. The van der Waals surface area contributed by atoms with Crippen LogP contribution in [0.2, 0.25) is 0 Å². The number of hydrogen-bond donors (Lipinski definition) is 2. The Hall–Kier alpha value is -2.38. The van der Waals surface area contributed by atoms with Gasteiger partial charge in [-0.2, -0.15) is 5.10 Å². The van der Waals surface area contributed by atoms with Crippen molar-refractivity contribution in [2.24, 2.45) is 5.10 Å². The number of nitrogens with zero attached hydrogens (tertiary/aromatic N) is 2. The van der Waals surface area contributed by atoms with Crippen LogP contribution in [-0.2, 0) is 0 Å². The van der Waals surface area contributed by atoms with E-state index in [1.807, 2.05) is 29.6 Å². The van der Waals surface area contributed by atoms with Crippen LogP contribution in [0.15, 0.2) is 59.0 Å².